The van der Waals surface area contributed by atoms with Gasteiger partial charge in [-0.15, -0.1) is 0 Å². The molecular weight excluding hydrogens is 758 g/mol. The molecule has 0 rings (SSSR count). The van der Waals surface area contributed by atoms with Gasteiger partial charge in [0.2, 0.25) is 0 Å². The zero-order valence-electron chi connectivity index (χ0n) is 23.3. The van der Waals surface area contributed by atoms with E-state index in [1.54, 1.807) is 0 Å². The number of halogens is 3. The Hall–Kier alpha value is 1.04. The second-order valence-electron chi connectivity index (χ2n) is 9.22. The average Bonchev–Trinajstić information content (AvgIpc) is 2.81. The van der Waals surface area contributed by atoms with Crippen molar-refractivity contribution in [1.82, 2.24) is 0 Å². The summed E-state index contributed by atoms with van der Waals surface area (Å²) in [5.74, 6) is -0.803. The van der Waals surface area contributed by atoms with Gasteiger partial charge in [0, 0.05) is 17.3 Å². The fourth-order valence-corrected chi connectivity index (χ4v) is 4.91. The molecule has 0 aliphatic carbocycles. The van der Waals surface area contributed by atoms with Crippen molar-refractivity contribution < 1.29 is 99.0 Å². The van der Waals surface area contributed by atoms with Gasteiger partial charge in [-0.2, -0.15) is 0 Å². The smallest absolute Gasteiger partial charge is 0.748 e. The molecule has 0 aromatic heterocycles. The van der Waals surface area contributed by atoms with Gasteiger partial charge in [0.05, 0.1) is 50.4 Å². The summed E-state index contributed by atoms with van der Waals surface area (Å²) in [5, 5.41) is 0. The van der Waals surface area contributed by atoms with Crippen LogP contribution in [0.25, 0.3) is 0 Å². The number of hydrogen-bond acceptors (Lipinski definition) is 9. The van der Waals surface area contributed by atoms with Crippen LogP contribution in [0.1, 0.15) is 116 Å². The molecule has 0 aliphatic heterocycles. The number of hydrogen-bond donors (Lipinski definition) is 0. The minimum absolute atomic E-state index is 0. The molecule has 1 radical (unpaired) electrons. The third kappa shape index (κ3) is 58.6. The summed E-state index contributed by atoms with van der Waals surface area (Å²) < 4.78 is 126. The number of alkyl halides is 3. The molecule has 0 fully saturated rings. The molecule has 0 atom stereocenters. The molecule has 0 saturated carbocycles. The molecule has 0 aliphatic rings. The minimum atomic E-state index is -4.03. The Balaban J connectivity index is -0.000000240. The number of unbranched alkanes of at least 4 members (excludes halogenated alkanes) is 15. The second kappa shape index (κ2) is 32.9. The third-order valence-electron chi connectivity index (χ3n) is 5.33. The van der Waals surface area contributed by atoms with E-state index in [1.165, 1.54) is 0 Å². The van der Waals surface area contributed by atoms with Crippen LogP contribution in [0.2, 0.25) is 0 Å². The summed E-state index contributed by atoms with van der Waals surface area (Å²) >= 11 is 0. The van der Waals surface area contributed by atoms with Gasteiger partial charge in [-0.05, 0) is 38.5 Å². The monoisotopic (exact) mass is 807 g/mol. The first-order chi connectivity index (χ1) is 18.2. The molecule has 0 amide bonds. The molecule has 251 valence electrons. The van der Waals surface area contributed by atoms with E-state index in [-0.39, 0.29) is 84.2 Å². The molecule has 0 spiro atoms. The Morgan fingerprint density at radius 3 is 0.625 bits per heavy atom. The summed E-state index contributed by atoms with van der Waals surface area (Å²) in [6.07, 6.45) is 13.2. The van der Waals surface area contributed by atoms with Crippen molar-refractivity contribution in [3.05, 3.63) is 0 Å². The predicted molar refractivity (Wildman–Crippen MR) is 145 cm³/mol. The molecule has 9 nitrogen and oxygen atoms in total. The Bertz CT molecular complexity index is 720. The largest absolute Gasteiger partial charge is 3.00 e. The van der Waals surface area contributed by atoms with Crippen molar-refractivity contribution in [1.29, 1.82) is 0 Å². The summed E-state index contributed by atoms with van der Waals surface area (Å²) in [6.45, 7) is -0.848. The standard InChI is InChI=1S/3C8H17FO3S.Yb/c3*9-7-5-3-1-2-4-6-8-13(10,11)12;/h3*1-8H2,(H,10,11,12);/q;;;+3/p-3. The molecule has 0 aromatic carbocycles. The molecule has 16 heteroatoms. The van der Waals surface area contributed by atoms with E-state index in [2.05, 4.69) is 0 Å². The third-order valence-corrected chi connectivity index (χ3v) is 7.70. The van der Waals surface area contributed by atoms with Gasteiger partial charge >= 0.3 is 46.9 Å². The first-order valence-electron chi connectivity index (χ1n) is 13.7. The molecule has 0 bridgehead atoms. The van der Waals surface area contributed by atoms with E-state index in [1.807, 2.05) is 0 Å². The van der Waals surface area contributed by atoms with E-state index < -0.39 is 30.4 Å². The van der Waals surface area contributed by atoms with Crippen LogP contribution in [0.5, 0.6) is 0 Å². The van der Waals surface area contributed by atoms with Crippen molar-refractivity contribution >= 4 is 30.4 Å². The van der Waals surface area contributed by atoms with Gasteiger partial charge in [0.15, 0.2) is 0 Å². The van der Waals surface area contributed by atoms with Gasteiger partial charge in [-0.25, -0.2) is 25.3 Å². The quantitative estimate of drug-likeness (QED) is 0.0899. The fraction of sp³-hybridized carbons (Fsp3) is 1.00. The Kier molecular flexibility index (Phi) is 39.5. The van der Waals surface area contributed by atoms with Crippen LogP contribution >= 0.6 is 0 Å². The normalized spacial score (nSPS) is 11.6. The van der Waals surface area contributed by atoms with E-state index in [0.29, 0.717) is 38.5 Å². The van der Waals surface area contributed by atoms with Crippen molar-refractivity contribution in [2.24, 2.45) is 0 Å². The number of rotatable bonds is 24. The Labute approximate surface area is 279 Å². The van der Waals surface area contributed by atoms with Crippen LogP contribution in [0.15, 0.2) is 0 Å². The molecule has 0 unspecified atom stereocenters. The van der Waals surface area contributed by atoms with E-state index in [9.17, 15) is 52.1 Å². The first kappa shape index (κ1) is 48.0. The van der Waals surface area contributed by atoms with Crippen LogP contribution in [-0.4, -0.2) is 76.2 Å². The van der Waals surface area contributed by atoms with Crippen molar-refractivity contribution in [3.63, 3.8) is 0 Å². The summed E-state index contributed by atoms with van der Waals surface area (Å²) in [5.41, 5.74) is 0. The molecule has 0 aromatic rings. The topological polar surface area (TPSA) is 172 Å². The van der Waals surface area contributed by atoms with Gasteiger partial charge < -0.3 is 13.7 Å². The molecule has 40 heavy (non-hydrogen) atoms. The Morgan fingerprint density at radius 2 is 0.475 bits per heavy atom. The van der Waals surface area contributed by atoms with Gasteiger partial charge in [-0.3, -0.25) is 13.2 Å². The molecule has 0 N–H and O–H groups in total. The predicted octanol–water partition coefficient (Wildman–Crippen LogP) is 5.53. The maximum atomic E-state index is 11.6. The van der Waals surface area contributed by atoms with Crippen molar-refractivity contribution in [3.8, 4) is 0 Å². The summed E-state index contributed by atoms with van der Waals surface area (Å²) in [4.78, 5) is 0. The average molecular weight is 807 g/mol. The van der Waals surface area contributed by atoms with E-state index in [4.69, 9.17) is 0 Å². The molecule has 0 saturated heterocycles. The molecular formula is C24H48F3O9S3Yb. The molecule has 0 heterocycles. The zero-order chi connectivity index (χ0) is 30.5. The summed E-state index contributed by atoms with van der Waals surface area (Å²) in [7, 11) is -12.1. The van der Waals surface area contributed by atoms with E-state index in [0.717, 1.165) is 77.0 Å². The van der Waals surface area contributed by atoms with Crippen molar-refractivity contribution in [2.45, 2.75) is 116 Å². The Morgan fingerprint density at radius 1 is 0.325 bits per heavy atom. The van der Waals surface area contributed by atoms with Gasteiger partial charge in [-0.1, -0.05) is 77.0 Å². The van der Waals surface area contributed by atoms with Gasteiger partial charge in [0.25, 0.3) is 0 Å². The maximum absolute atomic E-state index is 11.6. The van der Waals surface area contributed by atoms with Crippen LogP contribution in [0, 0.1) is 46.9 Å². The van der Waals surface area contributed by atoms with Gasteiger partial charge in [0.1, 0.15) is 0 Å². The van der Waals surface area contributed by atoms with Crippen LogP contribution in [0.3, 0.4) is 0 Å². The fourth-order valence-electron chi connectivity index (χ4n) is 3.24. The SMILES string of the molecule is O=S(=O)([O-])CCCCCCCCF.O=S(=O)([O-])CCCCCCCCF.O=S(=O)([O-])CCCCCCCCF.[Yb+3]. The van der Waals surface area contributed by atoms with Crippen LogP contribution < -0.4 is 0 Å². The zero-order valence-corrected chi connectivity index (χ0v) is 27.4. The van der Waals surface area contributed by atoms with Crippen molar-refractivity contribution in [2.75, 3.05) is 37.3 Å². The van der Waals surface area contributed by atoms with Crippen LogP contribution in [0.4, 0.5) is 13.2 Å². The van der Waals surface area contributed by atoms with E-state index >= 15 is 0 Å². The maximum Gasteiger partial charge on any atom is 3.00 e. The second-order valence-corrected chi connectivity index (χ2v) is 13.8. The first-order valence-corrected chi connectivity index (χ1v) is 18.4. The van der Waals surface area contributed by atoms with Crippen LogP contribution in [-0.2, 0) is 30.4 Å². The minimum Gasteiger partial charge on any atom is -0.748 e. The summed E-state index contributed by atoms with van der Waals surface area (Å²) in [6, 6.07) is 0.